The zero-order valence-corrected chi connectivity index (χ0v) is 16.9. The molecule has 1 atom stereocenters. The Hall–Kier alpha value is -3.66. The normalized spacial score (nSPS) is 16.4. The summed E-state index contributed by atoms with van der Waals surface area (Å²) in [5.41, 5.74) is 7.12. The Morgan fingerprint density at radius 3 is 2.75 bits per heavy atom. The largest absolute Gasteiger partial charge is 0.454 e. The molecule has 3 N–H and O–H groups in total. The molecule has 0 bridgehead atoms. The molecule has 0 spiro atoms. The van der Waals surface area contributed by atoms with Crippen LogP contribution in [0.15, 0.2) is 42.7 Å². The molecule has 1 unspecified atom stereocenters. The number of piperidine rings is 1. The van der Waals surface area contributed by atoms with Crippen LogP contribution in [0.5, 0.6) is 11.5 Å². The third kappa shape index (κ3) is 3.52. The second-order valence-electron chi connectivity index (χ2n) is 7.55. The molecule has 1 aliphatic heterocycles. The fraction of sp³-hybridized carbons (Fsp3) is 0.227. The first-order valence-corrected chi connectivity index (χ1v) is 10.1. The Labute approximate surface area is 181 Å². The second kappa shape index (κ2) is 8.12. The monoisotopic (exact) mass is 440 g/mol. The topological polar surface area (TPSA) is 90.9 Å². The van der Waals surface area contributed by atoms with Crippen molar-refractivity contribution in [2.24, 2.45) is 0 Å². The molecule has 1 aliphatic rings. The van der Waals surface area contributed by atoms with Gasteiger partial charge in [-0.3, -0.25) is 0 Å². The van der Waals surface area contributed by atoms with Crippen LogP contribution in [0.3, 0.4) is 0 Å². The van der Waals surface area contributed by atoms with E-state index in [4.69, 9.17) is 10.5 Å². The van der Waals surface area contributed by atoms with Gasteiger partial charge in [0.05, 0.1) is 11.4 Å². The maximum absolute atomic E-state index is 15.1. The molecule has 0 radical (unpaired) electrons. The summed E-state index contributed by atoms with van der Waals surface area (Å²) >= 11 is 0. The third-order valence-corrected chi connectivity index (χ3v) is 5.47. The van der Waals surface area contributed by atoms with E-state index in [0.29, 0.717) is 23.3 Å². The number of ether oxygens (including phenoxy) is 1. The molecule has 10 heteroatoms. The van der Waals surface area contributed by atoms with Gasteiger partial charge in [-0.25, -0.2) is 23.4 Å². The van der Waals surface area contributed by atoms with Gasteiger partial charge in [-0.15, -0.1) is 0 Å². The number of rotatable bonds is 4. The summed E-state index contributed by atoms with van der Waals surface area (Å²) in [6, 6.07) is 7.59. The van der Waals surface area contributed by atoms with Gasteiger partial charge in [0.2, 0.25) is 5.82 Å². The molecule has 1 saturated heterocycles. The van der Waals surface area contributed by atoms with Crippen LogP contribution in [0.2, 0.25) is 0 Å². The van der Waals surface area contributed by atoms with Gasteiger partial charge in [-0.1, -0.05) is 6.07 Å². The first kappa shape index (κ1) is 20.3. The van der Waals surface area contributed by atoms with E-state index in [1.54, 1.807) is 4.68 Å². The van der Waals surface area contributed by atoms with Crippen LogP contribution in [-0.4, -0.2) is 32.8 Å². The molecule has 0 saturated carbocycles. The molecule has 0 aliphatic carbocycles. The summed E-state index contributed by atoms with van der Waals surface area (Å²) in [4.78, 5) is 8.39. The predicted molar refractivity (Wildman–Crippen MR) is 113 cm³/mol. The van der Waals surface area contributed by atoms with Crippen molar-refractivity contribution < 1.29 is 17.9 Å². The highest BCUT2D eigenvalue weighted by atomic mass is 19.2. The summed E-state index contributed by atoms with van der Waals surface area (Å²) in [7, 11) is 0. The molecule has 3 heterocycles. The minimum Gasteiger partial charge on any atom is -0.454 e. The van der Waals surface area contributed by atoms with Gasteiger partial charge in [-0.05, 0) is 43.7 Å². The standard InChI is InChI=1S/C22H19F3N6O/c23-15-4-1-5-17(19(15)25)32-13-6-7-14(16(24)9-13)20-18-21(26)28-11-29-22(18)31(30-20)12-3-2-8-27-10-12/h1,4-7,9,11-12,27H,2-3,8,10H2,(H2,26,28,29). The Balaban J connectivity index is 1.56. The summed E-state index contributed by atoms with van der Waals surface area (Å²) in [5.74, 6) is -2.98. The molecule has 164 valence electrons. The lowest BCUT2D eigenvalue weighted by Crippen LogP contribution is -2.32. The van der Waals surface area contributed by atoms with Crippen molar-refractivity contribution in [1.82, 2.24) is 25.1 Å². The van der Waals surface area contributed by atoms with Gasteiger partial charge in [0.15, 0.2) is 17.2 Å². The summed E-state index contributed by atoms with van der Waals surface area (Å²) < 4.78 is 49.6. The lowest BCUT2D eigenvalue weighted by Gasteiger charge is -2.23. The number of halogens is 3. The van der Waals surface area contributed by atoms with E-state index in [1.165, 1.54) is 30.6 Å². The average Bonchev–Trinajstić information content (AvgIpc) is 3.18. The van der Waals surface area contributed by atoms with Crippen molar-refractivity contribution in [3.05, 3.63) is 60.2 Å². The Kier molecular flexibility index (Phi) is 5.14. The number of nitrogens with zero attached hydrogens (tertiary/aromatic N) is 4. The predicted octanol–water partition coefficient (Wildman–Crippen LogP) is 4.21. The molecular weight excluding hydrogens is 421 g/mol. The lowest BCUT2D eigenvalue weighted by molar-refractivity contribution is 0.354. The van der Waals surface area contributed by atoms with E-state index in [1.807, 2.05) is 0 Å². The van der Waals surface area contributed by atoms with Gasteiger partial charge >= 0.3 is 0 Å². The minimum absolute atomic E-state index is 0.0141. The maximum atomic E-state index is 15.1. The van der Waals surface area contributed by atoms with E-state index < -0.39 is 17.5 Å². The highest BCUT2D eigenvalue weighted by Crippen LogP contribution is 2.36. The molecule has 5 rings (SSSR count). The van der Waals surface area contributed by atoms with Crippen molar-refractivity contribution in [2.75, 3.05) is 18.8 Å². The Morgan fingerprint density at radius 2 is 1.97 bits per heavy atom. The van der Waals surface area contributed by atoms with Crippen molar-refractivity contribution in [2.45, 2.75) is 18.9 Å². The number of nitrogens with two attached hydrogens (primary N) is 1. The zero-order valence-electron chi connectivity index (χ0n) is 16.9. The first-order valence-electron chi connectivity index (χ1n) is 10.1. The van der Waals surface area contributed by atoms with Crippen LogP contribution in [0.1, 0.15) is 18.9 Å². The average molecular weight is 440 g/mol. The third-order valence-electron chi connectivity index (χ3n) is 5.47. The Bertz CT molecular complexity index is 1300. The van der Waals surface area contributed by atoms with Crippen molar-refractivity contribution in [1.29, 1.82) is 0 Å². The van der Waals surface area contributed by atoms with E-state index in [-0.39, 0.29) is 28.9 Å². The molecule has 0 amide bonds. The SMILES string of the molecule is Nc1ncnc2c1c(-c1ccc(Oc3cccc(F)c3F)cc1F)nn2C1CCCNC1. The van der Waals surface area contributed by atoms with E-state index >= 15 is 4.39 Å². The highest BCUT2D eigenvalue weighted by molar-refractivity contribution is 5.98. The number of hydrogen-bond donors (Lipinski definition) is 2. The van der Waals surface area contributed by atoms with Gasteiger partial charge in [0.25, 0.3) is 0 Å². The lowest BCUT2D eigenvalue weighted by atomic mass is 10.1. The number of nitrogen functional groups attached to an aromatic ring is 1. The van der Waals surface area contributed by atoms with Crippen molar-refractivity contribution >= 4 is 16.9 Å². The van der Waals surface area contributed by atoms with Crippen LogP contribution in [0.4, 0.5) is 19.0 Å². The molecule has 4 aromatic rings. The molecule has 7 nitrogen and oxygen atoms in total. The van der Waals surface area contributed by atoms with Gasteiger partial charge in [0.1, 0.15) is 29.4 Å². The fourth-order valence-corrected chi connectivity index (χ4v) is 3.92. The van der Waals surface area contributed by atoms with Crippen molar-refractivity contribution in [3.63, 3.8) is 0 Å². The number of anilines is 1. The van der Waals surface area contributed by atoms with Crippen LogP contribution in [0, 0.1) is 17.5 Å². The number of fused-ring (bicyclic) bond motifs is 1. The minimum atomic E-state index is -1.15. The molecule has 2 aromatic heterocycles. The number of nitrogens with one attached hydrogen (secondary N) is 1. The van der Waals surface area contributed by atoms with Crippen LogP contribution in [-0.2, 0) is 0 Å². The van der Waals surface area contributed by atoms with Crippen LogP contribution < -0.4 is 15.8 Å². The summed E-state index contributed by atoms with van der Waals surface area (Å²) in [5, 5.41) is 8.44. The Morgan fingerprint density at radius 1 is 1.09 bits per heavy atom. The molecule has 2 aromatic carbocycles. The number of aromatic nitrogens is 4. The van der Waals surface area contributed by atoms with Crippen LogP contribution >= 0.6 is 0 Å². The summed E-state index contributed by atoms with van der Waals surface area (Å²) in [6.45, 7) is 1.65. The summed E-state index contributed by atoms with van der Waals surface area (Å²) in [6.07, 6.45) is 3.25. The second-order valence-corrected chi connectivity index (χ2v) is 7.55. The molecule has 1 fully saturated rings. The quantitative estimate of drug-likeness (QED) is 0.494. The van der Waals surface area contributed by atoms with E-state index in [9.17, 15) is 8.78 Å². The van der Waals surface area contributed by atoms with Gasteiger partial charge < -0.3 is 15.8 Å². The smallest absolute Gasteiger partial charge is 0.201 e. The van der Waals surface area contributed by atoms with Crippen molar-refractivity contribution in [3.8, 4) is 22.8 Å². The van der Waals surface area contributed by atoms with Crippen LogP contribution in [0.25, 0.3) is 22.3 Å². The maximum Gasteiger partial charge on any atom is 0.201 e. The van der Waals surface area contributed by atoms with E-state index in [2.05, 4.69) is 20.4 Å². The fourth-order valence-electron chi connectivity index (χ4n) is 3.92. The number of benzene rings is 2. The van der Waals surface area contributed by atoms with Gasteiger partial charge in [0, 0.05) is 18.2 Å². The molecule has 32 heavy (non-hydrogen) atoms. The molecular formula is C22H19F3N6O. The zero-order chi connectivity index (χ0) is 22.2. The highest BCUT2D eigenvalue weighted by Gasteiger charge is 2.25. The van der Waals surface area contributed by atoms with E-state index in [0.717, 1.165) is 31.5 Å². The first-order chi connectivity index (χ1) is 15.5. The number of hydrogen-bond acceptors (Lipinski definition) is 6. The van der Waals surface area contributed by atoms with Gasteiger partial charge in [-0.2, -0.15) is 9.49 Å².